The number of benzene rings is 1. The number of hydrogen-bond acceptors (Lipinski definition) is 2. The Morgan fingerprint density at radius 3 is 2.54 bits per heavy atom. The molecule has 0 unspecified atom stereocenters. The van der Waals surface area contributed by atoms with Crippen molar-refractivity contribution in [2.45, 2.75) is 51.5 Å². The van der Waals surface area contributed by atoms with E-state index in [9.17, 15) is 4.79 Å². The highest BCUT2D eigenvalue weighted by atomic mass is 16.2. The van der Waals surface area contributed by atoms with E-state index < -0.39 is 0 Å². The first-order valence-corrected chi connectivity index (χ1v) is 10.0. The van der Waals surface area contributed by atoms with Crippen LogP contribution in [-0.4, -0.2) is 43.4 Å². The summed E-state index contributed by atoms with van der Waals surface area (Å²) in [6, 6.07) is 8.35. The van der Waals surface area contributed by atoms with Crippen molar-refractivity contribution in [3.63, 3.8) is 0 Å². The summed E-state index contributed by atoms with van der Waals surface area (Å²) in [5, 5.41) is 3.53. The number of rotatable bonds is 3. The fraction of sp³-hybridized carbons (Fsp3) is 0.619. The highest BCUT2D eigenvalue weighted by Gasteiger charge is 2.41. The predicted molar refractivity (Wildman–Crippen MR) is 105 cm³/mol. The van der Waals surface area contributed by atoms with E-state index in [1.54, 1.807) is 0 Å². The molecule has 1 N–H and O–H groups in total. The summed E-state index contributed by atoms with van der Waals surface area (Å²) in [5.41, 5.74) is 2.79. The van der Waals surface area contributed by atoms with Gasteiger partial charge in [0.25, 0.3) is 0 Å². The van der Waals surface area contributed by atoms with Crippen molar-refractivity contribution in [2.75, 3.05) is 31.6 Å². The summed E-state index contributed by atoms with van der Waals surface area (Å²) < 4.78 is 0. The van der Waals surface area contributed by atoms with Crippen molar-refractivity contribution in [2.24, 2.45) is 10.4 Å². The number of amides is 1. The predicted octanol–water partition coefficient (Wildman–Crippen LogP) is 3.15. The topological polar surface area (TPSA) is 47.9 Å². The van der Waals surface area contributed by atoms with Gasteiger partial charge in [0, 0.05) is 45.3 Å². The summed E-state index contributed by atoms with van der Waals surface area (Å²) in [6.07, 6.45) is 8.52. The molecule has 3 fully saturated rings. The van der Waals surface area contributed by atoms with Crippen molar-refractivity contribution < 1.29 is 4.79 Å². The van der Waals surface area contributed by atoms with Gasteiger partial charge in [-0.2, -0.15) is 0 Å². The van der Waals surface area contributed by atoms with Gasteiger partial charge in [0.05, 0.1) is 0 Å². The average Bonchev–Trinajstić information content (AvgIpc) is 3.40. The minimum atomic E-state index is 0.242. The number of hydrogen-bond donors (Lipinski definition) is 1. The Bertz CT molecular complexity index is 676. The van der Waals surface area contributed by atoms with Gasteiger partial charge in [0.1, 0.15) is 0 Å². The van der Waals surface area contributed by atoms with E-state index in [1.807, 2.05) is 11.9 Å². The summed E-state index contributed by atoms with van der Waals surface area (Å²) in [5.74, 6) is 1.26. The molecular weight excluding hydrogens is 324 g/mol. The van der Waals surface area contributed by atoms with Crippen LogP contribution < -0.4 is 10.2 Å². The molecule has 0 bridgehead atoms. The highest BCUT2D eigenvalue weighted by molar-refractivity contribution is 5.95. The lowest BCUT2D eigenvalue weighted by Crippen LogP contribution is -2.40. The summed E-state index contributed by atoms with van der Waals surface area (Å²) in [6.45, 7) is 3.89. The van der Waals surface area contributed by atoms with Crippen LogP contribution in [-0.2, 0) is 11.3 Å². The third-order valence-electron chi connectivity index (χ3n) is 6.39. The Balaban J connectivity index is 1.33. The molecule has 2 aliphatic heterocycles. The van der Waals surface area contributed by atoms with Crippen LogP contribution in [0.2, 0.25) is 0 Å². The molecule has 0 aromatic heterocycles. The third kappa shape index (κ3) is 3.44. The lowest BCUT2D eigenvalue weighted by molar-refractivity contribution is -0.117. The van der Waals surface area contributed by atoms with Crippen molar-refractivity contribution in [3.05, 3.63) is 29.8 Å². The molecule has 1 aromatic rings. The number of nitrogens with zero attached hydrogens (tertiary/aromatic N) is 3. The van der Waals surface area contributed by atoms with E-state index in [4.69, 9.17) is 0 Å². The summed E-state index contributed by atoms with van der Waals surface area (Å²) >= 11 is 0. The Labute approximate surface area is 156 Å². The van der Waals surface area contributed by atoms with Crippen LogP contribution in [0.5, 0.6) is 0 Å². The van der Waals surface area contributed by atoms with E-state index in [2.05, 4.69) is 39.5 Å². The van der Waals surface area contributed by atoms with Crippen molar-refractivity contribution in [3.8, 4) is 0 Å². The Kier molecular flexibility index (Phi) is 4.88. The molecule has 0 radical (unpaired) electrons. The van der Waals surface area contributed by atoms with Crippen LogP contribution in [0.4, 0.5) is 5.69 Å². The molecule has 2 heterocycles. The largest absolute Gasteiger partial charge is 0.352 e. The van der Waals surface area contributed by atoms with Gasteiger partial charge in [-0.1, -0.05) is 25.0 Å². The first-order chi connectivity index (χ1) is 12.7. The Hall–Kier alpha value is -2.04. The number of guanidine groups is 1. The van der Waals surface area contributed by atoms with Gasteiger partial charge in [-0.15, -0.1) is 0 Å². The fourth-order valence-electron chi connectivity index (χ4n) is 4.88. The van der Waals surface area contributed by atoms with E-state index in [0.717, 1.165) is 44.2 Å². The Morgan fingerprint density at radius 1 is 1.12 bits per heavy atom. The van der Waals surface area contributed by atoms with E-state index in [0.29, 0.717) is 11.8 Å². The zero-order valence-corrected chi connectivity index (χ0v) is 15.8. The van der Waals surface area contributed by atoms with Gasteiger partial charge in [-0.3, -0.25) is 9.79 Å². The smallest absolute Gasteiger partial charge is 0.227 e. The summed E-state index contributed by atoms with van der Waals surface area (Å²) in [4.78, 5) is 20.7. The highest BCUT2D eigenvalue weighted by Crippen LogP contribution is 2.45. The van der Waals surface area contributed by atoms with Crippen LogP contribution >= 0.6 is 0 Å². The second kappa shape index (κ2) is 7.29. The molecule has 1 saturated carbocycles. The molecule has 5 nitrogen and oxygen atoms in total. The number of nitrogens with one attached hydrogen (secondary N) is 1. The molecule has 2 saturated heterocycles. The quantitative estimate of drug-likeness (QED) is 0.670. The summed E-state index contributed by atoms with van der Waals surface area (Å²) in [7, 11) is 1.88. The normalized spacial score (nSPS) is 22.7. The van der Waals surface area contributed by atoms with Crippen molar-refractivity contribution in [1.82, 2.24) is 10.2 Å². The van der Waals surface area contributed by atoms with Gasteiger partial charge in [0.15, 0.2) is 5.96 Å². The molecule has 1 spiro atoms. The van der Waals surface area contributed by atoms with Crippen LogP contribution in [0.25, 0.3) is 0 Å². The minimum Gasteiger partial charge on any atom is -0.352 e. The van der Waals surface area contributed by atoms with Crippen LogP contribution in [0.3, 0.4) is 0 Å². The molecule has 26 heavy (non-hydrogen) atoms. The van der Waals surface area contributed by atoms with Gasteiger partial charge in [-0.05, 0) is 48.8 Å². The molecule has 5 heteroatoms. The molecule has 1 amide bonds. The molecule has 1 aliphatic carbocycles. The molecule has 4 rings (SSSR count). The third-order valence-corrected chi connectivity index (χ3v) is 6.39. The second-order valence-electron chi connectivity index (χ2n) is 8.09. The Morgan fingerprint density at radius 2 is 1.88 bits per heavy atom. The average molecular weight is 354 g/mol. The molecule has 1 aromatic carbocycles. The van der Waals surface area contributed by atoms with Crippen LogP contribution in [0, 0.1) is 5.41 Å². The van der Waals surface area contributed by atoms with Gasteiger partial charge < -0.3 is 15.1 Å². The van der Waals surface area contributed by atoms with Crippen LogP contribution in [0.15, 0.2) is 29.3 Å². The minimum absolute atomic E-state index is 0.242. The number of carbonyl (C=O) groups excluding carboxylic acids is 1. The maximum Gasteiger partial charge on any atom is 0.227 e. The maximum atomic E-state index is 11.9. The first-order valence-electron chi connectivity index (χ1n) is 10.0. The first kappa shape index (κ1) is 17.4. The second-order valence-corrected chi connectivity index (χ2v) is 8.09. The zero-order valence-electron chi connectivity index (χ0n) is 15.8. The number of aliphatic imine (C=N–C) groups is 1. The van der Waals surface area contributed by atoms with Gasteiger partial charge in [-0.25, -0.2) is 0 Å². The number of anilines is 1. The lowest BCUT2D eigenvalue weighted by Gasteiger charge is -2.26. The van der Waals surface area contributed by atoms with Crippen LogP contribution in [0.1, 0.15) is 50.5 Å². The number of carbonyl (C=O) groups is 1. The molecule has 140 valence electrons. The van der Waals surface area contributed by atoms with E-state index in [-0.39, 0.29) is 5.91 Å². The van der Waals surface area contributed by atoms with Crippen molar-refractivity contribution >= 4 is 17.6 Å². The van der Waals surface area contributed by atoms with Crippen molar-refractivity contribution in [1.29, 1.82) is 0 Å². The zero-order chi connectivity index (χ0) is 18.0. The monoisotopic (exact) mass is 354 g/mol. The van der Waals surface area contributed by atoms with Gasteiger partial charge in [0.2, 0.25) is 5.91 Å². The maximum absolute atomic E-state index is 11.9. The number of likely N-dealkylation sites (tertiary alicyclic amines) is 1. The molecule has 0 atom stereocenters. The van der Waals surface area contributed by atoms with E-state index >= 15 is 0 Å². The lowest BCUT2D eigenvalue weighted by atomic mass is 9.86. The SMILES string of the molecule is CN=C(NCc1ccc(N2CCCC2=O)cc1)N1CCC2(CCCC2)C1. The fourth-order valence-corrected chi connectivity index (χ4v) is 4.88. The standard InChI is InChI=1S/C21H30N4O/c1-22-20(24-14-12-21(16-24)10-2-3-11-21)23-15-17-6-8-18(9-7-17)25-13-4-5-19(25)26/h6-9H,2-5,10-16H2,1H3,(H,22,23). The molecular formula is C21H30N4O. The van der Waals surface area contributed by atoms with Gasteiger partial charge >= 0.3 is 0 Å². The molecule has 3 aliphatic rings. The van der Waals surface area contributed by atoms with E-state index in [1.165, 1.54) is 37.7 Å².